The Morgan fingerprint density at radius 3 is 2.33 bits per heavy atom. The molecule has 4 heteroatoms. The Hall–Kier alpha value is -0.900. The predicted octanol–water partition coefficient (Wildman–Crippen LogP) is 4.60. The maximum Gasteiger partial charge on any atom is 0.228 e. The van der Waals surface area contributed by atoms with Gasteiger partial charge in [-0.3, -0.25) is 4.79 Å². The van der Waals surface area contributed by atoms with Gasteiger partial charge in [0.1, 0.15) is 5.82 Å². The van der Waals surface area contributed by atoms with E-state index >= 15 is 0 Å². The van der Waals surface area contributed by atoms with Crippen molar-refractivity contribution in [2.75, 3.05) is 5.32 Å². The minimum absolute atomic E-state index is 0.0927. The Labute approximate surface area is 132 Å². The second-order valence-electron chi connectivity index (χ2n) is 7.07. The van der Waals surface area contributed by atoms with Crippen LogP contribution in [0.2, 0.25) is 0 Å². The molecule has 0 atom stereocenters. The van der Waals surface area contributed by atoms with Crippen LogP contribution in [-0.4, -0.2) is 5.91 Å². The molecule has 1 amide bonds. The van der Waals surface area contributed by atoms with E-state index in [2.05, 4.69) is 21.2 Å². The number of carbonyl (C=O) groups is 1. The standard InChI is InChI=1S/C17H19BrFNO/c18-14-2-1-13(19)8-15(14)20-17(21)16-11-4-9-3-10(6-11)7-12(16)5-9/h1-2,8-12,16H,3-7H2,(H,20,21). The summed E-state index contributed by atoms with van der Waals surface area (Å²) in [6.07, 6.45) is 6.26. The number of carbonyl (C=O) groups excluding carboxylic acids is 1. The molecule has 1 N–H and O–H groups in total. The fourth-order valence-corrected chi connectivity index (χ4v) is 5.51. The van der Waals surface area contributed by atoms with Crippen LogP contribution in [0.3, 0.4) is 0 Å². The Morgan fingerprint density at radius 2 is 1.71 bits per heavy atom. The van der Waals surface area contributed by atoms with Crippen LogP contribution in [-0.2, 0) is 4.79 Å². The van der Waals surface area contributed by atoms with Gasteiger partial charge in [-0.1, -0.05) is 0 Å². The second-order valence-corrected chi connectivity index (χ2v) is 7.92. The minimum atomic E-state index is -0.321. The van der Waals surface area contributed by atoms with Crippen molar-refractivity contribution in [3.63, 3.8) is 0 Å². The lowest BCUT2D eigenvalue weighted by atomic mass is 9.51. The van der Waals surface area contributed by atoms with Crippen molar-refractivity contribution in [2.24, 2.45) is 29.6 Å². The van der Waals surface area contributed by atoms with E-state index in [4.69, 9.17) is 0 Å². The zero-order valence-corrected chi connectivity index (χ0v) is 13.4. The smallest absolute Gasteiger partial charge is 0.228 e. The number of hydrogen-bond donors (Lipinski definition) is 1. The maximum absolute atomic E-state index is 13.4. The summed E-state index contributed by atoms with van der Waals surface area (Å²) in [5.74, 6) is 2.72. The van der Waals surface area contributed by atoms with Crippen LogP contribution >= 0.6 is 15.9 Å². The van der Waals surface area contributed by atoms with Crippen molar-refractivity contribution < 1.29 is 9.18 Å². The van der Waals surface area contributed by atoms with Gasteiger partial charge in [-0.2, -0.15) is 0 Å². The molecule has 0 unspecified atom stereocenters. The third-order valence-corrected chi connectivity index (χ3v) is 6.41. The Kier molecular flexibility index (Phi) is 3.32. The van der Waals surface area contributed by atoms with Gasteiger partial charge in [0.05, 0.1) is 5.69 Å². The molecule has 0 heterocycles. The molecule has 0 aromatic heterocycles. The van der Waals surface area contributed by atoms with Crippen LogP contribution in [0.15, 0.2) is 22.7 Å². The third kappa shape index (κ3) is 2.41. The van der Waals surface area contributed by atoms with Gasteiger partial charge >= 0.3 is 0 Å². The zero-order valence-electron chi connectivity index (χ0n) is 11.8. The van der Waals surface area contributed by atoms with Crippen molar-refractivity contribution in [3.8, 4) is 0 Å². The van der Waals surface area contributed by atoms with Crippen molar-refractivity contribution in [2.45, 2.75) is 32.1 Å². The summed E-state index contributed by atoms with van der Waals surface area (Å²) < 4.78 is 14.1. The van der Waals surface area contributed by atoms with E-state index in [1.54, 1.807) is 6.07 Å². The average Bonchev–Trinajstić information content (AvgIpc) is 2.41. The topological polar surface area (TPSA) is 29.1 Å². The average molecular weight is 352 g/mol. The number of amides is 1. The van der Waals surface area contributed by atoms with Crippen LogP contribution < -0.4 is 5.32 Å². The van der Waals surface area contributed by atoms with Crippen molar-refractivity contribution in [3.05, 3.63) is 28.5 Å². The fourth-order valence-electron chi connectivity index (χ4n) is 5.16. The van der Waals surface area contributed by atoms with Gasteiger partial charge in [0.2, 0.25) is 5.91 Å². The Morgan fingerprint density at radius 1 is 1.10 bits per heavy atom. The van der Waals surface area contributed by atoms with Gasteiger partial charge in [0.25, 0.3) is 0 Å². The van der Waals surface area contributed by atoms with Crippen molar-refractivity contribution in [1.82, 2.24) is 0 Å². The number of benzene rings is 1. The summed E-state index contributed by atoms with van der Waals surface area (Å²) in [7, 11) is 0. The third-order valence-electron chi connectivity index (χ3n) is 5.72. The van der Waals surface area contributed by atoms with E-state index in [1.165, 1.54) is 44.2 Å². The molecule has 2 nitrogen and oxygen atoms in total. The van der Waals surface area contributed by atoms with Crippen LogP contribution in [0.4, 0.5) is 10.1 Å². The van der Waals surface area contributed by atoms with Gasteiger partial charge in [-0.15, -0.1) is 0 Å². The molecule has 4 bridgehead atoms. The van der Waals surface area contributed by atoms with E-state index in [0.29, 0.717) is 17.5 Å². The highest BCUT2D eigenvalue weighted by molar-refractivity contribution is 9.10. The SMILES string of the molecule is O=C(Nc1cc(F)ccc1Br)C1C2CC3CC(C2)CC1C3. The zero-order chi connectivity index (χ0) is 14.6. The maximum atomic E-state index is 13.4. The Bertz CT molecular complexity index is 560. The highest BCUT2D eigenvalue weighted by Crippen LogP contribution is 2.56. The van der Waals surface area contributed by atoms with Crippen LogP contribution in [0.5, 0.6) is 0 Å². The summed E-state index contributed by atoms with van der Waals surface area (Å²) in [5, 5.41) is 2.95. The molecule has 0 radical (unpaired) electrons. The lowest BCUT2D eigenvalue weighted by Crippen LogP contribution is -2.49. The summed E-state index contributed by atoms with van der Waals surface area (Å²) in [6, 6.07) is 4.42. The van der Waals surface area contributed by atoms with Gasteiger partial charge in [0.15, 0.2) is 0 Å². The molecule has 112 valence electrons. The molecule has 0 spiro atoms. The number of rotatable bonds is 2. The molecule has 0 saturated heterocycles. The molecule has 4 saturated carbocycles. The van der Waals surface area contributed by atoms with Crippen LogP contribution in [0.25, 0.3) is 0 Å². The highest BCUT2D eigenvalue weighted by Gasteiger charge is 2.50. The van der Waals surface area contributed by atoms with E-state index in [-0.39, 0.29) is 17.6 Å². The Balaban J connectivity index is 1.54. The van der Waals surface area contributed by atoms with Crippen LogP contribution in [0.1, 0.15) is 32.1 Å². The van der Waals surface area contributed by atoms with Crippen LogP contribution in [0, 0.1) is 35.4 Å². The lowest BCUT2D eigenvalue weighted by molar-refractivity contribution is -0.132. The molecule has 0 aliphatic heterocycles. The van der Waals surface area contributed by atoms with Gasteiger partial charge in [-0.05, 0) is 89.9 Å². The summed E-state index contributed by atoms with van der Waals surface area (Å²) in [6.45, 7) is 0. The number of halogens is 2. The fraction of sp³-hybridized carbons (Fsp3) is 0.588. The van der Waals surface area contributed by atoms with Gasteiger partial charge < -0.3 is 5.32 Å². The largest absolute Gasteiger partial charge is 0.325 e. The quantitative estimate of drug-likeness (QED) is 0.828. The molecule has 4 aliphatic rings. The van der Waals surface area contributed by atoms with Crippen molar-refractivity contribution in [1.29, 1.82) is 0 Å². The predicted molar refractivity (Wildman–Crippen MR) is 83.3 cm³/mol. The molecule has 21 heavy (non-hydrogen) atoms. The van der Waals surface area contributed by atoms with Gasteiger partial charge in [-0.25, -0.2) is 4.39 Å². The first kappa shape index (κ1) is 13.7. The van der Waals surface area contributed by atoms with Crippen molar-refractivity contribution >= 4 is 27.5 Å². The van der Waals surface area contributed by atoms with E-state index < -0.39 is 0 Å². The minimum Gasteiger partial charge on any atom is -0.325 e. The molecular weight excluding hydrogens is 333 g/mol. The molecule has 5 rings (SSSR count). The van der Waals surface area contributed by atoms with E-state index in [9.17, 15) is 9.18 Å². The van der Waals surface area contributed by atoms with Gasteiger partial charge in [0, 0.05) is 10.4 Å². The first-order chi connectivity index (χ1) is 10.1. The summed E-state index contributed by atoms with van der Waals surface area (Å²) >= 11 is 3.38. The van der Waals surface area contributed by atoms with E-state index in [1.807, 2.05) is 0 Å². The molecule has 4 fully saturated rings. The molecule has 4 aliphatic carbocycles. The first-order valence-electron chi connectivity index (χ1n) is 7.86. The number of anilines is 1. The monoisotopic (exact) mass is 351 g/mol. The summed E-state index contributed by atoms with van der Waals surface area (Å²) in [5.41, 5.74) is 0.550. The first-order valence-corrected chi connectivity index (χ1v) is 8.65. The highest BCUT2D eigenvalue weighted by atomic mass is 79.9. The molecular formula is C17H19BrFNO. The molecule has 1 aromatic carbocycles. The lowest BCUT2D eigenvalue weighted by Gasteiger charge is -2.53. The van der Waals surface area contributed by atoms with E-state index in [0.717, 1.165) is 16.3 Å². The normalized spacial score (nSPS) is 36.8. The second kappa shape index (κ2) is 5.08. The number of nitrogens with one attached hydrogen (secondary N) is 1. The summed E-state index contributed by atoms with van der Waals surface area (Å²) in [4.78, 5) is 12.7. The molecule has 1 aromatic rings. The number of hydrogen-bond acceptors (Lipinski definition) is 1.